The van der Waals surface area contributed by atoms with E-state index >= 15 is 0 Å². The second-order valence-electron chi connectivity index (χ2n) is 4.42. The summed E-state index contributed by atoms with van der Waals surface area (Å²) in [5, 5.41) is 3.10. The molecule has 0 saturated heterocycles. The first-order valence-electron chi connectivity index (χ1n) is 6.08. The molecule has 5 heteroatoms. The molecule has 0 aliphatic heterocycles. The Bertz CT molecular complexity index is 600. The Labute approximate surface area is 133 Å². The molecule has 106 valence electrons. The molecule has 20 heavy (non-hydrogen) atoms. The van der Waals surface area contributed by atoms with Crippen molar-refractivity contribution in [2.45, 2.75) is 12.5 Å². The topological polar surface area (TPSA) is 12.0 Å². The van der Waals surface area contributed by atoms with Gasteiger partial charge in [-0.3, -0.25) is 0 Å². The Morgan fingerprint density at radius 1 is 1.05 bits per heavy atom. The van der Waals surface area contributed by atoms with Gasteiger partial charge in [0.15, 0.2) is 0 Å². The van der Waals surface area contributed by atoms with Gasteiger partial charge in [0, 0.05) is 16.1 Å². The minimum absolute atomic E-state index is 0.0849. The monoisotopic (exact) mass is 403 g/mol. The fourth-order valence-electron chi connectivity index (χ4n) is 2.04. The minimum atomic E-state index is -0.539. The van der Waals surface area contributed by atoms with Crippen LogP contribution in [0.1, 0.15) is 17.2 Å². The highest BCUT2D eigenvalue weighted by Crippen LogP contribution is 2.27. The third-order valence-corrected chi connectivity index (χ3v) is 4.31. The fraction of sp³-hybridized carbons (Fsp3) is 0.200. The molecular weight excluding hydrogens is 392 g/mol. The molecule has 0 heterocycles. The number of hydrogen-bond donors (Lipinski definition) is 1. The molecule has 1 atom stereocenters. The molecule has 1 unspecified atom stereocenters. The highest BCUT2D eigenvalue weighted by atomic mass is 79.9. The van der Waals surface area contributed by atoms with Crippen molar-refractivity contribution < 1.29 is 8.78 Å². The average Bonchev–Trinajstić information content (AvgIpc) is 2.45. The Morgan fingerprint density at radius 2 is 1.70 bits per heavy atom. The van der Waals surface area contributed by atoms with E-state index in [9.17, 15) is 8.78 Å². The van der Waals surface area contributed by atoms with E-state index in [4.69, 9.17) is 0 Å². The SMILES string of the molecule is CNC(Cc1c(F)ccc(Br)c1F)c1ccc(Br)cc1. The maximum Gasteiger partial charge on any atom is 0.143 e. The molecule has 2 aromatic carbocycles. The lowest BCUT2D eigenvalue weighted by atomic mass is 9.98. The van der Waals surface area contributed by atoms with Crippen molar-refractivity contribution in [3.05, 3.63) is 68.1 Å². The zero-order chi connectivity index (χ0) is 14.7. The van der Waals surface area contributed by atoms with E-state index < -0.39 is 11.6 Å². The van der Waals surface area contributed by atoms with E-state index in [1.165, 1.54) is 12.1 Å². The number of benzene rings is 2. The lowest BCUT2D eigenvalue weighted by molar-refractivity contribution is 0.512. The van der Waals surface area contributed by atoms with Gasteiger partial charge in [-0.25, -0.2) is 8.78 Å². The molecule has 0 spiro atoms. The molecular formula is C15H13Br2F2N. The molecule has 0 saturated carbocycles. The van der Waals surface area contributed by atoms with Crippen LogP contribution in [0, 0.1) is 11.6 Å². The summed E-state index contributed by atoms with van der Waals surface area (Å²) in [7, 11) is 1.78. The van der Waals surface area contributed by atoms with Gasteiger partial charge < -0.3 is 5.32 Å². The predicted molar refractivity (Wildman–Crippen MR) is 83.7 cm³/mol. The number of nitrogens with one attached hydrogen (secondary N) is 1. The van der Waals surface area contributed by atoms with E-state index in [1.807, 2.05) is 24.3 Å². The quantitative estimate of drug-likeness (QED) is 0.707. The molecule has 0 radical (unpaired) electrons. The van der Waals surface area contributed by atoms with Crippen molar-refractivity contribution in [3.63, 3.8) is 0 Å². The molecule has 0 aromatic heterocycles. The first-order chi connectivity index (χ1) is 9.52. The minimum Gasteiger partial charge on any atom is -0.313 e. The van der Waals surface area contributed by atoms with Gasteiger partial charge in [-0.05, 0) is 59.2 Å². The number of rotatable bonds is 4. The smallest absolute Gasteiger partial charge is 0.143 e. The Kier molecular flexibility index (Phi) is 5.29. The van der Waals surface area contributed by atoms with Gasteiger partial charge in [-0.15, -0.1) is 0 Å². The van der Waals surface area contributed by atoms with Crippen molar-refractivity contribution in [2.75, 3.05) is 7.05 Å². The highest BCUT2D eigenvalue weighted by Gasteiger charge is 2.18. The molecule has 1 N–H and O–H groups in total. The Balaban J connectivity index is 2.31. The van der Waals surface area contributed by atoms with E-state index in [0.717, 1.165) is 10.0 Å². The molecule has 0 fully saturated rings. The first kappa shape index (κ1) is 15.6. The second kappa shape index (κ2) is 6.78. The molecule has 2 aromatic rings. The number of halogens is 4. The van der Waals surface area contributed by atoms with Crippen LogP contribution in [-0.2, 0) is 6.42 Å². The van der Waals surface area contributed by atoms with E-state index in [-0.39, 0.29) is 22.5 Å². The van der Waals surface area contributed by atoms with Gasteiger partial charge in [-0.1, -0.05) is 28.1 Å². The van der Waals surface area contributed by atoms with Gasteiger partial charge in [-0.2, -0.15) is 0 Å². The van der Waals surface area contributed by atoms with Crippen molar-refractivity contribution >= 4 is 31.9 Å². The summed E-state index contributed by atoms with van der Waals surface area (Å²) in [5.74, 6) is -1.06. The normalized spacial score (nSPS) is 12.4. The summed E-state index contributed by atoms with van der Waals surface area (Å²) in [6, 6.07) is 10.2. The zero-order valence-electron chi connectivity index (χ0n) is 10.8. The molecule has 0 amide bonds. The van der Waals surface area contributed by atoms with Crippen LogP contribution in [0.15, 0.2) is 45.3 Å². The molecule has 1 nitrogen and oxygen atoms in total. The van der Waals surface area contributed by atoms with Gasteiger partial charge >= 0.3 is 0 Å². The lowest BCUT2D eigenvalue weighted by Gasteiger charge is -2.18. The summed E-state index contributed by atoms with van der Waals surface area (Å²) in [6.07, 6.45) is 0.245. The van der Waals surface area contributed by atoms with Crippen molar-refractivity contribution in [1.29, 1.82) is 0 Å². The van der Waals surface area contributed by atoms with Crippen molar-refractivity contribution in [2.24, 2.45) is 0 Å². The second-order valence-corrected chi connectivity index (χ2v) is 6.19. The third kappa shape index (κ3) is 3.45. The van der Waals surface area contributed by atoms with E-state index in [1.54, 1.807) is 7.05 Å². The van der Waals surface area contributed by atoms with Crippen LogP contribution >= 0.6 is 31.9 Å². The van der Waals surface area contributed by atoms with Crippen LogP contribution in [0.5, 0.6) is 0 Å². The largest absolute Gasteiger partial charge is 0.313 e. The number of hydrogen-bond acceptors (Lipinski definition) is 1. The van der Waals surface area contributed by atoms with Gasteiger partial charge in [0.25, 0.3) is 0 Å². The maximum absolute atomic E-state index is 14.0. The number of likely N-dealkylation sites (N-methyl/N-ethyl adjacent to an activating group) is 1. The summed E-state index contributed by atoms with van der Waals surface area (Å²) < 4.78 is 29.1. The van der Waals surface area contributed by atoms with Gasteiger partial charge in [0.1, 0.15) is 11.6 Å². The Hall–Kier alpha value is -0.780. The standard InChI is InChI=1S/C15H13Br2F2N/c1-20-14(9-2-4-10(16)5-3-9)8-11-13(18)7-6-12(17)15(11)19/h2-7,14,20H,8H2,1H3. The lowest BCUT2D eigenvalue weighted by Crippen LogP contribution is -2.20. The van der Waals surface area contributed by atoms with E-state index in [2.05, 4.69) is 37.2 Å². The van der Waals surface area contributed by atoms with E-state index in [0.29, 0.717) is 0 Å². The fourth-order valence-corrected chi connectivity index (χ4v) is 2.68. The summed E-state index contributed by atoms with van der Waals surface area (Å²) >= 11 is 6.46. The zero-order valence-corrected chi connectivity index (χ0v) is 13.9. The van der Waals surface area contributed by atoms with Gasteiger partial charge in [0.2, 0.25) is 0 Å². The first-order valence-corrected chi connectivity index (χ1v) is 7.66. The van der Waals surface area contributed by atoms with Crippen LogP contribution < -0.4 is 5.32 Å². The molecule has 0 bridgehead atoms. The summed E-state index contributed by atoms with van der Waals surface area (Å²) in [5.41, 5.74) is 1.07. The molecule has 0 aliphatic rings. The van der Waals surface area contributed by atoms with Crippen molar-refractivity contribution in [1.82, 2.24) is 5.32 Å². The van der Waals surface area contributed by atoms with Crippen LogP contribution in [0.4, 0.5) is 8.78 Å². The van der Waals surface area contributed by atoms with Crippen LogP contribution in [0.25, 0.3) is 0 Å². The van der Waals surface area contributed by atoms with Crippen LogP contribution in [0.3, 0.4) is 0 Å². The summed E-state index contributed by atoms with van der Waals surface area (Å²) in [6.45, 7) is 0. The highest BCUT2D eigenvalue weighted by molar-refractivity contribution is 9.10. The average molecular weight is 405 g/mol. The summed E-state index contributed by atoms with van der Waals surface area (Å²) in [4.78, 5) is 0. The third-order valence-electron chi connectivity index (χ3n) is 3.17. The molecule has 0 aliphatic carbocycles. The van der Waals surface area contributed by atoms with Crippen LogP contribution in [-0.4, -0.2) is 7.05 Å². The van der Waals surface area contributed by atoms with Crippen molar-refractivity contribution in [3.8, 4) is 0 Å². The van der Waals surface area contributed by atoms with Gasteiger partial charge in [0.05, 0.1) is 4.47 Å². The maximum atomic E-state index is 14.0. The molecule has 2 rings (SSSR count). The predicted octanol–water partition coefficient (Wildman–Crippen LogP) is 4.99. The Morgan fingerprint density at radius 3 is 2.30 bits per heavy atom. The van der Waals surface area contributed by atoms with Crippen LogP contribution in [0.2, 0.25) is 0 Å².